The first-order valence-electron chi connectivity index (χ1n) is 12.6. The van der Waals surface area contributed by atoms with Crippen molar-refractivity contribution in [1.29, 1.82) is 0 Å². The average molecular weight is 469 g/mol. The Hall–Kier alpha value is -3.47. The van der Waals surface area contributed by atoms with E-state index in [1.54, 1.807) is 0 Å². The number of nitrogens with one attached hydrogen (secondary N) is 2. The Morgan fingerprint density at radius 1 is 1.06 bits per heavy atom. The van der Waals surface area contributed by atoms with Gasteiger partial charge in [0.1, 0.15) is 0 Å². The molecule has 5 rings (SSSR count). The van der Waals surface area contributed by atoms with Crippen molar-refractivity contribution in [1.82, 2.24) is 15.2 Å². The van der Waals surface area contributed by atoms with E-state index in [2.05, 4.69) is 66.6 Å². The van der Waals surface area contributed by atoms with Crippen LogP contribution < -0.4 is 5.32 Å². The van der Waals surface area contributed by atoms with Crippen molar-refractivity contribution >= 4 is 22.6 Å². The lowest BCUT2D eigenvalue weighted by Gasteiger charge is -2.19. The standard InChI is InChI=1S/C28H30N4O.C2H6/c1-18-24-22(17-23(27(2,3)4)30-25(24)32-31-18)19-11-13-21(14-12-19)29-26(33)28(15-16-28)20-9-7-5-6-8-10-20;1-2/h5-9,11-14,17H,10,15-16H2,1-4H3,(H,29,33)(H,30,31,32);1-2H3. The lowest BCUT2D eigenvalue weighted by molar-refractivity contribution is -0.119. The molecule has 182 valence electrons. The molecule has 2 aromatic heterocycles. The number of H-pyrrole nitrogens is 1. The van der Waals surface area contributed by atoms with Gasteiger partial charge < -0.3 is 5.32 Å². The van der Waals surface area contributed by atoms with Gasteiger partial charge in [0.2, 0.25) is 5.91 Å². The summed E-state index contributed by atoms with van der Waals surface area (Å²) in [5.41, 5.74) is 6.51. The fraction of sp³-hybridized carbons (Fsp3) is 0.367. The summed E-state index contributed by atoms with van der Waals surface area (Å²) >= 11 is 0. The molecule has 0 unspecified atom stereocenters. The fourth-order valence-corrected chi connectivity index (χ4v) is 4.52. The molecule has 1 aromatic carbocycles. The van der Waals surface area contributed by atoms with Gasteiger partial charge >= 0.3 is 0 Å². The van der Waals surface area contributed by atoms with Crippen LogP contribution in [0.5, 0.6) is 0 Å². The number of benzene rings is 1. The minimum Gasteiger partial charge on any atom is -0.325 e. The number of hydrogen-bond acceptors (Lipinski definition) is 3. The van der Waals surface area contributed by atoms with Crippen LogP contribution >= 0.6 is 0 Å². The maximum Gasteiger partial charge on any atom is 0.234 e. The molecule has 0 aliphatic heterocycles. The predicted octanol–water partition coefficient (Wildman–Crippen LogP) is 7.42. The molecule has 2 aliphatic rings. The molecule has 0 bridgehead atoms. The quantitative estimate of drug-likeness (QED) is 0.418. The summed E-state index contributed by atoms with van der Waals surface area (Å²) < 4.78 is 0. The van der Waals surface area contributed by atoms with E-state index in [1.165, 1.54) is 5.57 Å². The van der Waals surface area contributed by atoms with Crippen molar-refractivity contribution in [2.75, 3.05) is 5.32 Å². The Balaban J connectivity index is 0.00000141. The van der Waals surface area contributed by atoms with Crippen molar-refractivity contribution in [2.24, 2.45) is 5.41 Å². The third-order valence-electron chi connectivity index (χ3n) is 6.72. The van der Waals surface area contributed by atoms with Gasteiger partial charge in [0.05, 0.1) is 5.41 Å². The topological polar surface area (TPSA) is 70.7 Å². The zero-order valence-corrected chi connectivity index (χ0v) is 21.7. The number of anilines is 1. The van der Waals surface area contributed by atoms with E-state index in [0.29, 0.717) is 0 Å². The van der Waals surface area contributed by atoms with E-state index in [0.717, 1.165) is 58.5 Å². The summed E-state index contributed by atoms with van der Waals surface area (Å²) in [5, 5.41) is 11.7. The number of nitrogens with zero attached hydrogens (tertiary/aromatic N) is 2. The number of aromatic nitrogens is 3. The number of hydrogen-bond donors (Lipinski definition) is 2. The molecule has 1 amide bonds. The van der Waals surface area contributed by atoms with Gasteiger partial charge in [-0.3, -0.25) is 9.89 Å². The second-order valence-electron chi connectivity index (χ2n) is 10.2. The van der Waals surface area contributed by atoms with Crippen molar-refractivity contribution in [2.45, 2.75) is 66.2 Å². The summed E-state index contributed by atoms with van der Waals surface area (Å²) in [5.74, 6) is 0.0946. The van der Waals surface area contributed by atoms with Crippen LogP contribution in [0.25, 0.3) is 22.2 Å². The molecule has 2 aliphatic carbocycles. The molecule has 1 fully saturated rings. The van der Waals surface area contributed by atoms with Gasteiger partial charge in [-0.1, -0.05) is 82.7 Å². The molecule has 2 N–H and O–H groups in total. The fourth-order valence-electron chi connectivity index (χ4n) is 4.52. The van der Waals surface area contributed by atoms with Gasteiger partial charge in [-0.15, -0.1) is 0 Å². The zero-order chi connectivity index (χ0) is 25.2. The highest BCUT2D eigenvalue weighted by Gasteiger charge is 2.52. The molecule has 1 saturated carbocycles. The maximum absolute atomic E-state index is 13.2. The number of carbonyl (C=O) groups excluding carboxylic acids is 1. The van der Waals surface area contributed by atoms with Crippen LogP contribution in [0.4, 0.5) is 5.69 Å². The monoisotopic (exact) mass is 468 g/mol. The number of fused-ring (bicyclic) bond motifs is 1. The molecule has 0 atom stereocenters. The minimum absolute atomic E-state index is 0.0840. The summed E-state index contributed by atoms with van der Waals surface area (Å²) in [6, 6.07) is 10.3. The maximum atomic E-state index is 13.2. The number of amides is 1. The molecular weight excluding hydrogens is 432 g/mol. The third-order valence-corrected chi connectivity index (χ3v) is 6.72. The van der Waals surface area contributed by atoms with Crippen LogP contribution in [0.1, 0.15) is 65.3 Å². The summed E-state index contributed by atoms with van der Waals surface area (Å²) in [7, 11) is 0. The second-order valence-corrected chi connectivity index (χ2v) is 10.2. The Labute approximate surface area is 208 Å². The normalized spacial score (nSPS) is 16.2. The first-order chi connectivity index (χ1) is 16.8. The molecule has 0 saturated heterocycles. The average Bonchev–Trinajstić information content (AvgIpc) is 3.62. The van der Waals surface area contributed by atoms with E-state index < -0.39 is 0 Å². The highest BCUT2D eigenvalue weighted by molar-refractivity contribution is 6.00. The number of aryl methyl sites for hydroxylation is 1. The van der Waals surface area contributed by atoms with Crippen molar-refractivity contribution in [3.63, 3.8) is 0 Å². The lowest BCUT2D eigenvalue weighted by Crippen LogP contribution is -2.26. The predicted molar refractivity (Wildman–Crippen MR) is 145 cm³/mol. The first-order valence-corrected chi connectivity index (χ1v) is 12.6. The number of carbonyl (C=O) groups is 1. The van der Waals surface area contributed by atoms with Crippen molar-refractivity contribution in [3.8, 4) is 11.1 Å². The molecule has 5 heteroatoms. The second kappa shape index (κ2) is 9.65. The largest absolute Gasteiger partial charge is 0.325 e. The van der Waals surface area contributed by atoms with Gasteiger partial charge in [0.15, 0.2) is 5.65 Å². The lowest BCUT2D eigenvalue weighted by atomic mass is 9.89. The van der Waals surface area contributed by atoms with E-state index in [1.807, 2.05) is 51.1 Å². The Kier molecular flexibility index (Phi) is 6.79. The van der Waals surface area contributed by atoms with Gasteiger partial charge in [-0.05, 0) is 55.5 Å². The van der Waals surface area contributed by atoms with E-state index in [4.69, 9.17) is 4.98 Å². The first kappa shape index (κ1) is 24.6. The molecule has 0 spiro atoms. The Morgan fingerprint density at radius 3 is 2.43 bits per heavy atom. The molecule has 35 heavy (non-hydrogen) atoms. The summed E-state index contributed by atoms with van der Waals surface area (Å²) in [4.78, 5) is 18.0. The molecule has 3 aromatic rings. The third kappa shape index (κ3) is 4.86. The van der Waals surface area contributed by atoms with Crippen LogP contribution in [0.2, 0.25) is 0 Å². The molecule has 0 radical (unpaired) electrons. The van der Waals surface area contributed by atoms with Crippen LogP contribution in [0.3, 0.4) is 0 Å². The van der Waals surface area contributed by atoms with E-state index >= 15 is 0 Å². The number of allylic oxidation sites excluding steroid dienone is 5. The molecule has 5 nitrogen and oxygen atoms in total. The van der Waals surface area contributed by atoms with Gasteiger partial charge in [-0.2, -0.15) is 5.10 Å². The van der Waals surface area contributed by atoms with E-state index in [-0.39, 0.29) is 16.7 Å². The number of aromatic amines is 1. The summed E-state index contributed by atoms with van der Waals surface area (Å²) in [6.07, 6.45) is 13.0. The highest BCUT2D eigenvalue weighted by atomic mass is 16.2. The smallest absolute Gasteiger partial charge is 0.234 e. The molecule has 2 heterocycles. The van der Waals surface area contributed by atoms with Crippen molar-refractivity contribution in [3.05, 3.63) is 77.7 Å². The van der Waals surface area contributed by atoms with E-state index in [9.17, 15) is 4.79 Å². The van der Waals surface area contributed by atoms with Crippen LogP contribution in [0.15, 0.2) is 66.3 Å². The SMILES string of the molecule is CC.Cc1[nH]nc2nc(C(C)(C)C)cc(-c3ccc(NC(=O)C4(C5=CC=CC=CC5)CC4)cc3)c12. The number of pyridine rings is 1. The van der Waals surface area contributed by atoms with Gasteiger partial charge in [0.25, 0.3) is 0 Å². The van der Waals surface area contributed by atoms with Gasteiger partial charge in [0, 0.05) is 27.9 Å². The van der Waals surface area contributed by atoms with Crippen LogP contribution in [-0.2, 0) is 10.2 Å². The highest BCUT2D eigenvalue weighted by Crippen LogP contribution is 2.54. The minimum atomic E-state index is -0.357. The van der Waals surface area contributed by atoms with Crippen LogP contribution in [-0.4, -0.2) is 21.1 Å². The summed E-state index contributed by atoms with van der Waals surface area (Å²) in [6.45, 7) is 12.5. The number of rotatable bonds is 4. The Morgan fingerprint density at radius 2 is 1.77 bits per heavy atom. The van der Waals surface area contributed by atoms with Crippen LogP contribution in [0, 0.1) is 12.3 Å². The Bertz CT molecular complexity index is 1310. The van der Waals surface area contributed by atoms with Gasteiger partial charge in [-0.25, -0.2) is 4.98 Å². The van der Waals surface area contributed by atoms with Crippen molar-refractivity contribution < 1.29 is 4.79 Å². The molecular formula is C30H36N4O. The zero-order valence-electron chi connectivity index (χ0n) is 21.7.